The van der Waals surface area contributed by atoms with Gasteiger partial charge in [0.25, 0.3) is 0 Å². The summed E-state index contributed by atoms with van der Waals surface area (Å²) in [5.41, 5.74) is 2.51. The molecule has 2 aromatic rings. The maximum Gasteiger partial charge on any atom is 0.0790 e. The van der Waals surface area contributed by atoms with Crippen molar-refractivity contribution in [2.45, 2.75) is 51.0 Å². The van der Waals surface area contributed by atoms with Crippen molar-refractivity contribution in [3.63, 3.8) is 0 Å². The quantitative estimate of drug-likeness (QED) is 0.782. The Morgan fingerprint density at radius 2 is 1.71 bits per heavy atom. The first-order valence-corrected chi connectivity index (χ1v) is 8.18. The van der Waals surface area contributed by atoms with Crippen LogP contribution in [-0.4, -0.2) is 11.2 Å². The number of aliphatic hydroxyl groups excluding tert-OH is 1. The Hall–Kier alpha value is -1.60. The summed E-state index contributed by atoms with van der Waals surface area (Å²) >= 11 is 0. The Morgan fingerprint density at radius 1 is 0.905 bits per heavy atom. The van der Waals surface area contributed by atoms with Crippen LogP contribution in [0.1, 0.15) is 44.1 Å². The van der Waals surface area contributed by atoms with Crippen LogP contribution in [0.2, 0.25) is 0 Å². The molecule has 1 nitrogen and oxygen atoms in total. The average Bonchev–Trinajstić information content (AvgIpc) is 2.47. The molecule has 3 rings (SSSR count). The first-order valence-electron chi connectivity index (χ1n) is 8.18. The largest absolute Gasteiger partial charge is 0.388 e. The van der Waals surface area contributed by atoms with E-state index in [0.29, 0.717) is 0 Å². The monoisotopic (exact) mass is 280 g/mol. The van der Waals surface area contributed by atoms with Gasteiger partial charge in [-0.15, -0.1) is 0 Å². The number of hydrogen-bond donors (Lipinski definition) is 1. The van der Waals surface area contributed by atoms with Crippen molar-refractivity contribution < 1.29 is 5.11 Å². The standard InChI is InChI=1S/C20H24O/c21-20(17-10-4-2-1-3-5-11-17)15-18-13-8-12-16-9-6-7-14-19(16)18/h6-10,12-14,20-21H,1-5,11,15H2/b17-10+. The fourth-order valence-electron chi connectivity index (χ4n) is 3.33. The van der Waals surface area contributed by atoms with Gasteiger partial charge in [0.05, 0.1) is 6.10 Å². The van der Waals surface area contributed by atoms with Crippen molar-refractivity contribution >= 4 is 10.8 Å². The highest BCUT2D eigenvalue weighted by atomic mass is 16.3. The lowest BCUT2D eigenvalue weighted by molar-refractivity contribution is 0.205. The Balaban J connectivity index is 1.81. The molecule has 110 valence electrons. The van der Waals surface area contributed by atoms with Crippen LogP contribution in [0, 0.1) is 0 Å². The summed E-state index contributed by atoms with van der Waals surface area (Å²) in [4.78, 5) is 0. The van der Waals surface area contributed by atoms with Gasteiger partial charge in [-0.2, -0.15) is 0 Å². The summed E-state index contributed by atoms with van der Waals surface area (Å²) in [6.45, 7) is 0. The highest BCUT2D eigenvalue weighted by Gasteiger charge is 2.14. The molecule has 21 heavy (non-hydrogen) atoms. The molecule has 0 fully saturated rings. The first kappa shape index (κ1) is 14.3. The van der Waals surface area contributed by atoms with Crippen LogP contribution in [-0.2, 0) is 6.42 Å². The van der Waals surface area contributed by atoms with Crippen molar-refractivity contribution in [3.05, 3.63) is 59.7 Å². The minimum Gasteiger partial charge on any atom is -0.388 e. The van der Waals surface area contributed by atoms with E-state index in [1.54, 1.807) is 0 Å². The van der Waals surface area contributed by atoms with Gasteiger partial charge in [-0.25, -0.2) is 0 Å². The van der Waals surface area contributed by atoms with Crippen molar-refractivity contribution in [3.8, 4) is 0 Å². The Kier molecular flexibility index (Phi) is 4.72. The number of fused-ring (bicyclic) bond motifs is 1. The van der Waals surface area contributed by atoms with Gasteiger partial charge >= 0.3 is 0 Å². The van der Waals surface area contributed by atoms with E-state index in [1.807, 2.05) is 0 Å². The molecule has 0 aliphatic heterocycles. The van der Waals surface area contributed by atoms with Crippen LogP contribution < -0.4 is 0 Å². The maximum atomic E-state index is 10.6. The predicted octanol–water partition coefficient (Wildman–Crippen LogP) is 5.02. The summed E-state index contributed by atoms with van der Waals surface area (Å²) < 4.78 is 0. The smallest absolute Gasteiger partial charge is 0.0790 e. The molecule has 1 atom stereocenters. The second-order valence-electron chi connectivity index (χ2n) is 6.09. The molecule has 1 heteroatoms. The summed E-state index contributed by atoms with van der Waals surface area (Å²) in [6, 6.07) is 14.8. The number of benzene rings is 2. The Morgan fingerprint density at radius 3 is 2.67 bits per heavy atom. The molecular weight excluding hydrogens is 256 g/mol. The van der Waals surface area contributed by atoms with Gasteiger partial charge in [0, 0.05) is 6.42 Å². The molecule has 0 radical (unpaired) electrons. The molecule has 0 amide bonds. The maximum absolute atomic E-state index is 10.6. The fraction of sp³-hybridized carbons (Fsp3) is 0.400. The summed E-state index contributed by atoms with van der Waals surface area (Å²) in [5, 5.41) is 13.2. The van der Waals surface area contributed by atoms with Gasteiger partial charge in [0.1, 0.15) is 0 Å². The third-order valence-corrected chi connectivity index (χ3v) is 4.55. The summed E-state index contributed by atoms with van der Waals surface area (Å²) in [7, 11) is 0. The third kappa shape index (κ3) is 3.54. The second kappa shape index (κ2) is 6.91. The fourth-order valence-corrected chi connectivity index (χ4v) is 3.33. The van der Waals surface area contributed by atoms with Crippen molar-refractivity contribution in [2.75, 3.05) is 0 Å². The lowest BCUT2D eigenvalue weighted by Crippen LogP contribution is -2.15. The lowest BCUT2D eigenvalue weighted by atomic mass is 9.91. The van der Waals surface area contributed by atoms with Crippen LogP contribution in [0.5, 0.6) is 0 Å². The van der Waals surface area contributed by atoms with E-state index < -0.39 is 0 Å². The molecule has 1 aliphatic carbocycles. The molecule has 1 N–H and O–H groups in total. The van der Waals surface area contributed by atoms with Gasteiger partial charge < -0.3 is 5.11 Å². The van der Waals surface area contributed by atoms with E-state index in [0.717, 1.165) is 19.3 Å². The van der Waals surface area contributed by atoms with Crippen molar-refractivity contribution in [1.82, 2.24) is 0 Å². The molecule has 0 bridgehead atoms. The lowest BCUT2D eigenvalue weighted by Gasteiger charge is -2.18. The van der Waals surface area contributed by atoms with E-state index in [1.165, 1.54) is 47.6 Å². The van der Waals surface area contributed by atoms with Gasteiger partial charge in [-0.1, -0.05) is 61.4 Å². The molecule has 0 saturated heterocycles. The molecule has 1 aliphatic rings. The first-order chi connectivity index (χ1) is 10.3. The number of allylic oxidation sites excluding steroid dienone is 1. The zero-order chi connectivity index (χ0) is 14.5. The van der Waals surface area contributed by atoms with Gasteiger partial charge in [-0.05, 0) is 47.6 Å². The molecule has 1 unspecified atom stereocenters. The zero-order valence-corrected chi connectivity index (χ0v) is 12.6. The highest BCUT2D eigenvalue weighted by Crippen LogP contribution is 2.25. The van der Waals surface area contributed by atoms with Crippen molar-refractivity contribution in [2.24, 2.45) is 0 Å². The molecule has 2 aromatic carbocycles. The minimum absolute atomic E-state index is 0.325. The van der Waals surface area contributed by atoms with Crippen LogP contribution in [0.25, 0.3) is 10.8 Å². The SMILES string of the molecule is OC(Cc1cccc2ccccc12)/C1=C/CCCCCC1. The summed E-state index contributed by atoms with van der Waals surface area (Å²) in [6.07, 6.45) is 10.0. The minimum atomic E-state index is -0.325. The van der Waals surface area contributed by atoms with E-state index in [2.05, 4.69) is 48.5 Å². The van der Waals surface area contributed by atoms with Crippen LogP contribution in [0.15, 0.2) is 54.1 Å². The van der Waals surface area contributed by atoms with E-state index in [-0.39, 0.29) is 6.10 Å². The Bertz CT molecular complexity index is 621. The van der Waals surface area contributed by atoms with Crippen molar-refractivity contribution in [1.29, 1.82) is 0 Å². The number of hydrogen-bond acceptors (Lipinski definition) is 1. The highest BCUT2D eigenvalue weighted by molar-refractivity contribution is 5.85. The second-order valence-corrected chi connectivity index (χ2v) is 6.09. The Labute approximate surface area is 127 Å². The van der Waals surface area contributed by atoms with Gasteiger partial charge in [0.15, 0.2) is 0 Å². The zero-order valence-electron chi connectivity index (χ0n) is 12.6. The molecule has 0 aromatic heterocycles. The van der Waals surface area contributed by atoms with E-state index >= 15 is 0 Å². The molecule has 0 heterocycles. The average molecular weight is 280 g/mol. The van der Waals surface area contributed by atoms with E-state index in [4.69, 9.17) is 0 Å². The van der Waals surface area contributed by atoms with Crippen LogP contribution in [0.3, 0.4) is 0 Å². The number of aliphatic hydroxyl groups is 1. The van der Waals surface area contributed by atoms with Crippen LogP contribution in [0.4, 0.5) is 0 Å². The normalized spacial score (nSPS) is 20.3. The third-order valence-electron chi connectivity index (χ3n) is 4.55. The molecule has 0 saturated carbocycles. The predicted molar refractivity (Wildman–Crippen MR) is 89.4 cm³/mol. The van der Waals surface area contributed by atoms with E-state index in [9.17, 15) is 5.11 Å². The topological polar surface area (TPSA) is 20.2 Å². The van der Waals surface area contributed by atoms with Crippen LogP contribution >= 0.6 is 0 Å². The number of rotatable bonds is 3. The molecular formula is C20H24O. The summed E-state index contributed by atoms with van der Waals surface area (Å²) in [5.74, 6) is 0. The molecule has 0 spiro atoms. The van der Waals surface area contributed by atoms with Gasteiger partial charge in [-0.3, -0.25) is 0 Å². The van der Waals surface area contributed by atoms with Gasteiger partial charge in [0.2, 0.25) is 0 Å².